The summed E-state index contributed by atoms with van der Waals surface area (Å²) in [7, 11) is 0. The monoisotopic (exact) mass is 893 g/mol. The Balaban J connectivity index is 1.77. The van der Waals surface area contributed by atoms with Gasteiger partial charge in [-0.05, 0) is 12.8 Å². The summed E-state index contributed by atoms with van der Waals surface area (Å²) in [4.78, 5) is 13.0. The van der Waals surface area contributed by atoms with Crippen LogP contribution in [0.1, 0.15) is 200 Å². The van der Waals surface area contributed by atoms with E-state index >= 15 is 0 Å². The van der Waals surface area contributed by atoms with Gasteiger partial charge in [-0.3, -0.25) is 4.79 Å². The molecule has 2 fully saturated rings. The number of esters is 1. The van der Waals surface area contributed by atoms with E-state index in [2.05, 4.69) is 13.8 Å². The van der Waals surface area contributed by atoms with Gasteiger partial charge in [-0.15, -0.1) is 0 Å². The van der Waals surface area contributed by atoms with Crippen LogP contribution in [-0.2, 0) is 33.2 Å². The zero-order valence-corrected chi connectivity index (χ0v) is 38.9. The third kappa shape index (κ3) is 25.0. The average Bonchev–Trinajstić information content (AvgIpc) is 3.27. The fourth-order valence-electron chi connectivity index (χ4n) is 8.23. The molecule has 0 saturated carbocycles. The van der Waals surface area contributed by atoms with Crippen molar-refractivity contribution in [2.45, 2.75) is 268 Å². The molecule has 2 rings (SSSR count). The number of hydrogen-bond acceptors (Lipinski definition) is 14. The Morgan fingerprint density at radius 2 is 0.855 bits per heavy atom. The molecule has 0 aromatic rings. The number of hydrogen-bond donors (Lipinski definition) is 7. The molecule has 11 atom stereocenters. The van der Waals surface area contributed by atoms with Gasteiger partial charge in [-0.25, -0.2) is 0 Å². The SMILES string of the molecule is CCCCCCCCCCCCCCCCCCC(=O)OC(COCCCCCCCCCCCCCC)COC1OC(COC2OC(CO)C(O)C(O)C2O)C(O)C(O)C1O. The topological polar surface area (TPSA) is 214 Å². The minimum absolute atomic E-state index is 0.0698. The number of aliphatic hydroxyl groups excluding tert-OH is 7. The molecule has 2 aliphatic rings. The summed E-state index contributed by atoms with van der Waals surface area (Å²) in [6.45, 7) is 3.72. The lowest BCUT2D eigenvalue weighted by atomic mass is 9.98. The zero-order valence-electron chi connectivity index (χ0n) is 38.9. The molecule has 2 saturated heterocycles. The lowest BCUT2D eigenvalue weighted by molar-refractivity contribution is -0.332. The van der Waals surface area contributed by atoms with Crippen LogP contribution in [0.3, 0.4) is 0 Å². The fourth-order valence-corrected chi connectivity index (χ4v) is 8.23. The second-order valence-corrected chi connectivity index (χ2v) is 18.0. The first-order chi connectivity index (χ1) is 30.1. The minimum atomic E-state index is -1.70. The summed E-state index contributed by atoms with van der Waals surface area (Å²) in [5, 5.41) is 72.0. The van der Waals surface area contributed by atoms with E-state index in [1.165, 1.54) is 135 Å². The van der Waals surface area contributed by atoms with E-state index in [1.807, 2.05) is 0 Å². The maximum atomic E-state index is 13.0. The summed E-state index contributed by atoms with van der Waals surface area (Å²) in [6.07, 6.45) is 18.8. The molecule has 0 spiro atoms. The highest BCUT2D eigenvalue weighted by atomic mass is 16.7. The maximum absolute atomic E-state index is 13.0. The normalized spacial score (nSPS) is 27.1. The van der Waals surface area contributed by atoms with Gasteiger partial charge in [0.05, 0.1) is 26.4 Å². The van der Waals surface area contributed by atoms with E-state index in [4.69, 9.17) is 28.4 Å². The Morgan fingerprint density at radius 3 is 1.31 bits per heavy atom. The molecule has 11 unspecified atom stereocenters. The van der Waals surface area contributed by atoms with Crippen LogP contribution in [0.2, 0.25) is 0 Å². The van der Waals surface area contributed by atoms with Crippen LogP contribution in [0.5, 0.6) is 0 Å². The van der Waals surface area contributed by atoms with Crippen molar-refractivity contribution in [2.24, 2.45) is 0 Å². The maximum Gasteiger partial charge on any atom is 0.306 e. The highest BCUT2D eigenvalue weighted by Gasteiger charge is 2.47. The molecule has 0 aromatic heterocycles. The van der Waals surface area contributed by atoms with E-state index in [-0.39, 0.29) is 25.6 Å². The Kier molecular flexibility index (Phi) is 34.2. The molecule has 368 valence electrons. The first-order valence-electron chi connectivity index (χ1n) is 25.1. The fraction of sp³-hybridized carbons (Fsp3) is 0.979. The average molecular weight is 893 g/mol. The van der Waals surface area contributed by atoms with Gasteiger partial charge in [0, 0.05) is 13.0 Å². The summed E-state index contributed by atoms with van der Waals surface area (Å²) in [5.41, 5.74) is 0. The first-order valence-corrected chi connectivity index (χ1v) is 25.1. The van der Waals surface area contributed by atoms with E-state index in [0.29, 0.717) is 6.61 Å². The highest BCUT2D eigenvalue weighted by Crippen LogP contribution is 2.26. The highest BCUT2D eigenvalue weighted by molar-refractivity contribution is 5.69. The number of unbranched alkanes of at least 4 members (excludes halogenated alkanes) is 26. The van der Waals surface area contributed by atoms with Crippen LogP contribution in [0.4, 0.5) is 0 Å². The van der Waals surface area contributed by atoms with Crippen molar-refractivity contribution >= 4 is 5.97 Å². The number of rotatable bonds is 40. The van der Waals surface area contributed by atoms with E-state index < -0.39 is 80.7 Å². The molecule has 7 N–H and O–H groups in total. The molecule has 0 aromatic carbocycles. The van der Waals surface area contributed by atoms with Crippen molar-refractivity contribution in [1.29, 1.82) is 0 Å². The summed E-state index contributed by atoms with van der Waals surface area (Å²) in [6, 6.07) is 0. The van der Waals surface area contributed by atoms with Crippen molar-refractivity contribution in [3.05, 3.63) is 0 Å². The van der Waals surface area contributed by atoms with Gasteiger partial charge in [0.2, 0.25) is 0 Å². The smallest absolute Gasteiger partial charge is 0.306 e. The van der Waals surface area contributed by atoms with E-state index in [1.54, 1.807) is 0 Å². The number of aliphatic hydroxyl groups is 7. The zero-order chi connectivity index (χ0) is 45.2. The van der Waals surface area contributed by atoms with Gasteiger partial charge in [-0.2, -0.15) is 0 Å². The molecule has 62 heavy (non-hydrogen) atoms. The lowest BCUT2D eigenvalue weighted by Crippen LogP contribution is -2.61. The third-order valence-electron chi connectivity index (χ3n) is 12.4. The molecule has 14 nitrogen and oxygen atoms in total. The van der Waals surface area contributed by atoms with Gasteiger partial charge in [-0.1, -0.05) is 181 Å². The van der Waals surface area contributed by atoms with Crippen molar-refractivity contribution in [3.63, 3.8) is 0 Å². The molecular formula is C48H92O14. The number of carbonyl (C=O) groups is 1. The standard InChI is InChI=1S/C48H92O14/c1-3-5-7-9-11-13-15-17-18-19-20-21-23-25-27-29-31-40(50)60-37(34-57-32-30-28-26-24-22-16-14-12-10-8-6-4-2)35-58-47-46(56)44(54)42(52)39(62-47)36-59-48-45(55)43(53)41(51)38(33-49)61-48/h37-39,41-49,51-56H,3-36H2,1-2H3. The van der Waals surface area contributed by atoms with Crippen molar-refractivity contribution < 1.29 is 69.0 Å². The van der Waals surface area contributed by atoms with Gasteiger partial charge >= 0.3 is 5.97 Å². The van der Waals surface area contributed by atoms with Gasteiger partial charge < -0.3 is 64.2 Å². The lowest BCUT2D eigenvalue weighted by Gasteiger charge is -2.42. The molecule has 2 aliphatic heterocycles. The molecular weight excluding hydrogens is 801 g/mol. The summed E-state index contributed by atoms with van der Waals surface area (Å²) >= 11 is 0. The molecule has 14 heteroatoms. The molecule has 2 heterocycles. The first kappa shape index (κ1) is 57.1. The Morgan fingerprint density at radius 1 is 0.468 bits per heavy atom. The van der Waals surface area contributed by atoms with Crippen molar-refractivity contribution in [3.8, 4) is 0 Å². The van der Waals surface area contributed by atoms with Crippen LogP contribution in [0.25, 0.3) is 0 Å². The van der Waals surface area contributed by atoms with Crippen LogP contribution in [-0.4, -0.2) is 142 Å². The molecule has 0 amide bonds. The second kappa shape index (κ2) is 37.1. The van der Waals surface area contributed by atoms with Crippen LogP contribution >= 0.6 is 0 Å². The van der Waals surface area contributed by atoms with Gasteiger partial charge in [0.15, 0.2) is 12.6 Å². The third-order valence-corrected chi connectivity index (χ3v) is 12.4. The van der Waals surface area contributed by atoms with Crippen LogP contribution in [0.15, 0.2) is 0 Å². The second-order valence-electron chi connectivity index (χ2n) is 18.0. The van der Waals surface area contributed by atoms with E-state index in [0.717, 1.165) is 44.9 Å². The molecule has 0 aliphatic carbocycles. The predicted octanol–water partition coefficient (Wildman–Crippen LogP) is 6.91. The van der Waals surface area contributed by atoms with E-state index in [9.17, 15) is 40.5 Å². The van der Waals surface area contributed by atoms with Crippen LogP contribution in [0, 0.1) is 0 Å². The summed E-state index contributed by atoms with van der Waals surface area (Å²) < 4.78 is 34.2. The molecule has 0 radical (unpaired) electrons. The minimum Gasteiger partial charge on any atom is -0.457 e. The van der Waals surface area contributed by atoms with Crippen LogP contribution < -0.4 is 0 Å². The van der Waals surface area contributed by atoms with Crippen molar-refractivity contribution in [1.82, 2.24) is 0 Å². The molecule has 0 bridgehead atoms. The van der Waals surface area contributed by atoms with Crippen molar-refractivity contribution in [2.75, 3.05) is 33.0 Å². The Hall–Kier alpha value is -1.01. The quantitative estimate of drug-likeness (QED) is 0.0246. The van der Waals surface area contributed by atoms with Gasteiger partial charge in [0.25, 0.3) is 0 Å². The van der Waals surface area contributed by atoms with Gasteiger partial charge in [0.1, 0.15) is 54.9 Å². The number of carbonyl (C=O) groups excluding carboxylic acids is 1. The predicted molar refractivity (Wildman–Crippen MR) is 238 cm³/mol. The Labute approximate surface area is 374 Å². The largest absolute Gasteiger partial charge is 0.457 e. The number of ether oxygens (including phenoxy) is 6. The summed E-state index contributed by atoms with van der Waals surface area (Å²) in [5.74, 6) is -0.371. The Bertz CT molecular complexity index is 1040.